The van der Waals surface area contributed by atoms with E-state index in [0.29, 0.717) is 13.2 Å². The number of aromatic nitrogens is 3. The maximum Gasteiger partial charge on any atom is 0.200 e. The summed E-state index contributed by atoms with van der Waals surface area (Å²) in [5.41, 5.74) is 0. The Labute approximate surface area is 86.6 Å². The summed E-state index contributed by atoms with van der Waals surface area (Å²) in [4.78, 5) is 0.152. The molecule has 0 unspecified atom stereocenters. The van der Waals surface area contributed by atoms with E-state index in [2.05, 4.69) is 42.1 Å². The number of hydrogen-bond donors (Lipinski definition) is 0. The van der Waals surface area contributed by atoms with Gasteiger partial charge in [-0.2, -0.15) is 0 Å². The van der Waals surface area contributed by atoms with Gasteiger partial charge >= 0.3 is 0 Å². The molecule has 0 saturated carbocycles. The molecule has 1 aliphatic heterocycles. The molecule has 0 spiro atoms. The largest absolute Gasteiger partial charge is 0.378 e. The first-order valence-corrected chi connectivity index (χ1v) is 5.30. The summed E-state index contributed by atoms with van der Waals surface area (Å²) in [5.74, 6) is 0.930. The minimum Gasteiger partial charge on any atom is -0.378 e. The number of alkyl halides is 1. The highest BCUT2D eigenvalue weighted by Crippen LogP contribution is 2.25. The highest BCUT2D eigenvalue weighted by Gasteiger charge is 2.20. The quantitative estimate of drug-likeness (QED) is 0.681. The summed E-state index contributed by atoms with van der Waals surface area (Å²) in [7, 11) is 0. The van der Waals surface area contributed by atoms with Gasteiger partial charge in [0.25, 0.3) is 0 Å². The first-order valence-electron chi connectivity index (χ1n) is 3.59. The Morgan fingerprint density at radius 1 is 1.50 bits per heavy atom. The van der Waals surface area contributed by atoms with Crippen molar-refractivity contribution in [3.63, 3.8) is 0 Å². The third kappa shape index (κ3) is 1.43. The van der Waals surface area contributed by atoms with Gasteiger partial charge in [0.1, 0.15) is 5.82 Å². The third-order valence-corrected chi connectivity index (χ3v) is 3.00. The number of halogens is 2. The van der Waals surface area contributed by atoms with E-state index < -0.39 is 0 Å². The zero-order chi connectivity index (χ0) is 8.55. The maximum absolute atomic E-state index is 5.35. The Bertz CT molecular complexity index is 288. The van der Waals surface area contributed by atoms with Crippen LogP contribution in [-0.2, 0) is 11.3 Å². The molecule has 12 heavy (non-hydrogen) atoms. The molecule has 0 radical (unpaired) electrons. The molecule has 4 nitrogen and oxygen atoms in total. The molecule has 2 rings (SSSR count). The van der Waals surface area contributed by atoms with Gasteiger partial charge in [0.05, 0.1) is 18.0 Å². The Kier molecular flexibility index (Phi) is 2.47. The second kappa shape index (κ2) is 3.43. The average molecular weight is 297 g/mol. The van der Waals surface area contributed by atoms with Crippen molar-refractivity contribution in [1.29, 1.82) is 0 Å². The van der Waals surface area contributed by atoms with E-state index in [9.17, 15) is 0 Å². The van der Waals surface area contributed by atoms with E-state index in [1.165, 1.54) is 0 Å². The highest BCUT2D eigenvalue weighted by molar-refractivity contribution is 9.10. The van der Waals surface area contributed by atoms with Crippen molar-refractivity contribution >= 4 is 31.9 Å². The predicted octanol–water partition coefficient (Wildman–Crippen LogP) is 1.51. The number of rotatable bonds is 0. The molecule has 6 heteroatoms. The van der Waals surface area contributed by atoms with Crippen LogP contribution >= 0.6 is 31.9 Å². The lowest BCUT2D eigenvalue weighted by Gasteiger charge is -2.03. The van der Waals surface area contributed by atoms with Crippen LogP contribution in [0.2, 0.25) is 0 Å². The Morgan fingerprint density at radius 3 is 3.17 bits per heavy atom. The molecule has 1 aromatic rings. The summed E-state index contributed by atoms with van der Waals surface area (Å²) in [6, 6.07) is 0. The fraction of sp³-hybridized carbons (Fsp3) is 0.667. The van der Waals surface area contributed by atoms with Gasteiger partial charge in [0, 0.05) is 6.54 Å². The molecule has 1 aliphatic rings. The van der Waals surface area contributed by atoms with E-state index in [1.54, 1.807) is 0 Å². The monoisotopic (exact) mass is 295 g/mol. The Balaban J connectivity index is 2.41. The third-order valence-electron chi connectivity index (χ3n) is 1.74. The first kappa shape index (κ1) is 8.65. The summed E-state index contributed by atoms with van der Waals surface area (Å²) < 4.78 is 8.12. The second-order valence-corrected chi connectivity index (χ2v) is 4.34. The van der Waals surface area contributed by atoms with Crippen LogP contribution in [0.4, 0.5) is 0 Å². The molecule has 0 bridgehead atoms. The lowest BCUT2D eigenvalue weighted by atomic mass is 10.4. The van der Waals surface area contributed by atoms with Crippen molar-refractivity contribution in [1.82, 2.24) is 14.8 Å². The molecular formula is C6H7Br2N3O. The van der Waals surface area contributed by atoms with E-state index in [1.807, 2.05) is 4.57 Å². The minimum absolute atomic E-state index is 0.152. The van der Waals surface area contributed by atoms with Gasteiger partial charge in [0.2, 0.25) is 0 Å². The minimum atomic E-state index is 0.152. The molecule has 0 aromatic carbocycles. The van der Waals surface area contributed by atoms with Crippen LogP contribution in [-0.4, -0.2) is 28.0 Å². The standard InChI is InChI=1S/C6H7Br2N3O/c7-4-3-12-2-1-11-5(4)9-10-6(11)8/h4H,1-3H2/t4-/m1/s1. The van der Waals surface area contributed by atoms with E-state index in [4.69, 9.17) is 4.74 Å². The van der Waals surface area contributed by atoms with Crippen LogP contribution in [0.15, 0.2) is 4.73 Å². The molecule has 0 saturated heterocycles. The SMILES string of the molecule is Brc1nnc2n1CCOC[C@H]2Br. The van der Waals surface area contributed by atoms with Gasteiger partial charge in [-0.15, -0.1) is 10.2 Å². The van der Waals surface area contributed by atoms with E-state index >= 15 is 0 Å². The first-order chi connectivity index (χ1) is 5.79. The van der Waals surface area contributed by atoms with Gasteiger partial charge in [-0.1, -0.05) is 15.9 Å². The average Bonchev–Trinajstić information content (AvgIpc) is 2.30. The molecule has 1 aromatic heterocycles. The Hall–Kier alpha value is 0.0600. The fourth-order valence-electron chi connectivity index (χ4n) is 1.15. The van der Waals surface area contributed by atoms with E-state index in [0.717, 1.165) is 17.1 Å². The van der Waals surface area contributed by atoms with Crippen LogP contribution in [0, 0.1) is 0 Å². The fourth-order valence-corrected chi connectivity index (χ4v) is 2.11. The smallest absolute Gasteiger partial charge is 0.200 e. The predicted molar refractivity (Wildman–Crippen MR) is 50.2 cm³/mol. The topological polar surface area (TPSA) is 39.9 Å². The van der Waals surface area contributed by atoms with Crippen molar-refractivity contribution in [3.8, 4) is 0 Å². The van der Waals surface area contributed by atoms with Crippen molar-refractivity contribution in [3.05, 3.63) is 10.6 Å². The second-order valence-electron chi connectivity index (χ2n) is 2.52. The van der Waals surface area contributed by atoms with Gasteiger partial charge in [0.15, 0.2) is 4.73 Å². The molecule has 0 N–H and O–H groups in total. The molecule has 0 amide bonds. The molecule has 2 heterocycles. The van der Waals surface area contributed by atoms with Crippen LogP contribution in [0.3, 0.4) is 0 Å². The van der Waals surface area contributed by atoms with Crippen molar-refractivity contribution in [2.45, 2.75) is 11.4 Å². The highest BCUT2D eigenvalue weighted by atomic mass is 79.9. The van der Waals surface area contributed by atoms with Crippen molar-refractivity contribution in [2.75, 3.05) is 13.2 Å². The number of fused-ring (bicyclic) bond motifs is 1. The maximum atomic E-state index is 5.35. The van der Waals surface area contributed by atoms with E-state index in [-0.39, 0.29) is 4.83 Å². The zero-order valence-corrected chi connectivity index (χ0v) is 9.38. The number of hydrogen-bond acceptors (Lipinski definition) is 3. The molecule has 1 atom stereocenters. The molecule has 0 aliphatic carbocycles. The van der Waals surface area contributed by atoms with Crippen molar-refractivity contribution < 1.29 is 4.74 Å². The van der Waals surface area contributed by atoms with Crippen LogP contribution in [0.5, 0.6) is 0 Å². The van der Waals surface area contributed by atoms with Gasteiger partial charge in [-0.25, -0.2) is 0 Å². The molecule has 66 valence electrons. The summed E-state index contributed by atoms with van der Waals surface area (Å²) >= 11 is 6.81. The summed E-state index contributed by atoms with van der Waals surface area (Å²) in [6.45, 7) is 2.18. The lowest BCUT2D eigenvalue weighted by molar-refractivity contribution is 0.139. The normalized spacial score (nSPS) is 23.3. The van der Waals surface area contributed by atoms with Crippen molar-refractivity contribution in [2.24, 2.45) is 0 Å². The Morgan fingerprint density at radius 2 is 2.33 bits per heavy atom. The van der Waals surface area contributed by atoms with Gasteiger partial charge in [-0.3, -0.25) is 0 Å². The van der Waals surface area contributed by atoms with Crippen LogP contribution < -0.4 is 0 Å². The number of ether oxygens (including phenoxy) is 1. The van der Waals surface area contributed by atoms with Crippen LogP contribution in [0.25, 0.3) is 0 Å². The molecule has 0 fully saturated rings. The van der Waals surface area contributed by atoms with Crippen LogP contribution in [0.1, 0.15) is 10.7 Å². The number of nitrogens with zero attached hydrogens (tertiary/aromatic N) is 3. The summed E-state index contributed by atoms with van der Waals surface area (Å²) in [5, 5.41) is 7.97. The zero-order valence-electron chi connectivity index (χ0n) is 6.20. The van der Waals surface area contributed by atoms with Gasteiger partial charge in [-0.05, 0) is 15.9 Å². The lowest BCUT2D eigenvalue weighted by Crippen LogP contribution is -2.04. The molecular weight excluding hydrogens is 290 g/mol. The van der Waals surface area contributed by atoms with Gasteiger partial charge < -0.3 is 9.30 Å². The summed E-state index contributed by atoms with van der Waals surface area (Å²) in [6.07, 6.45) is 0.